The van der Waals surface area contributed by atoms with E-state index in [-0.39, 0.29) is 17.8 Å². The Labute approximate surface area is 144 Å². The van der Waals surface area contributed by atoms with Crippen LogP contribution < -0.4 is 0 Å². The first-order valence-corrected chi connectivity index (χ1v) is 8.56. The molecule has 4 rings (SSSR count). The summed E-state index contributed by atoms with van der Waals surface area (Å²) in [7, 11) is 0. The summed E-state index contributed by atoms with van der Waals surface area (Å²) < 4.78 is 8.76. The normalized spacial score (nSPS) is 19.3. The number of aryl methyl sites for hydroxylation is 2. The van der Waals surface area contributed by atoms with Crippen LogP contribution in [0, 0.1) is 12.8 Å². The lowest BCUT2D eigenvalue weighted by Gasteiger charge is -2.04. The van der Waals surface area contributed by atoms with Crippen LogP contribution in [-0.4, -0.2) is 42.2 Å². The molecule has 0 bridgehead atoms. The minimum absolute atomic E-state index is 0.0662. The number of carbonyl (C=O) groups excluding carboxylic acids is 1. The van der Waals surface area contributed by atoms with E-state index in [1.54, 1.807) is 4.52 Å². The van der Waals surface area contributed by atoms with E-state index in [4.69, 9.17) is 4.74 Å². The SMILES string of the molecule is CCOC(=O)C1CC1c1cc(-c2ccc3nnc(C)n3n2)n(CC)n1. The van der Waals surface area contributed by atoms with Crippen molar-refractivity contribution >= 4 is 11.6 Å². The predicted molar refractivity (Wildman–Crippen MR) is 89.9 cm³/mol. The zero-order valence-corrected chi connectivity index (χ0v) is 14.5. The Morgan fingerprint density at radius 1 is 1.28 bits per heavy atom. The van der Waals surface area contributed by atoms with Gasteiger partial charge in [-0.25, -0.2) is 0 Å². The molecule has 8 heteroatoms. The van der Waals surface area contributed by atoms with Gasteiger partial charge in [0.1, 0.15) is 5.69 Å². The average Bonchev–Trinajstić information content (AvgIpc) is 3.18. The van der Waals surface area contributed by atoms with Crippen LogP contribution >= 0.6 is 0 Å². The Balaban J connectivity index is 1.67. The standard InChI is InChI=1S/C17H20N6O2/c1-4-22-15(13-6-7-16-19-18-10(3)23(16)21-13)9-14(20-22)11-8-12(11)17(24)25-5-2/h6-7,9,11-12H,4-5,8H2,1-3H3. The van der Waals surface area contributed by atoms with Gasteiger partial charge in [-0.05, 0) is 45.4 Å². The van der Waals surface area contributed by atoms with Gasteiger partial charge in [-0.1, -0.05) is 0 Å². The maximum atomic E-state index is 11.9. The number of ether oxygens (including phenoxy) is 1. The lowest BCUT2D eigenvalue weighted by molar-refractivity contribution is -0.144. The van der Waals surface area contributed by atoms with E-state index >= 15 is 0 Å². The maximum absolute atomic E-state index is 11.9. The second-order valence-electron chi connectivity index (χ2n) is 6.21. The fraction of sp³-hybridized carbons (Fsp3) is 0.471. The number of hydrogen-bond acceptors (Lipinski definition) is 6. The highest BCUT2D eigenvalue weighted by Gasteiger charge is 2.47. The highest BCUT2D eigenvalue weighted by Crippen LogP contribution is 2.48. The molecule has 0 N–H and O–H groups in total. The summed E-state index contributed by atoms with van der Waals surface area (Å²) in [6, 6.07) is 5.85. The third-order valence-corrected chi connectivity index (χ3v) is 4.54. The summed E-state index contributed by atoms with van der Waals surface area (Å²) in [5, 5.41) is 17.4. The first-order valence-electron chi connectivity index (χ1n) is 8.56. The van der Waals surface area contributed by atoms with Gasteiger partial charge in [-0.2, -0.15) is 14.7 Å². The van der Waals surface area contributed by atoms with Crippen molar-refractivity contribution in [2.75, 3.05) is 6.61 Å². The predicted octanol–water partition coefficient (Wildman–Crippen LogP) is 1.98. The number of nitrogens with zero attached hydrogens (tertiary/aromatic N) is 6. The van der Waals surface area contributed by atoms with Crippen LogP contribution in [0.25, 0.3) is 17.0 Å². The Kier molecular flexibility index (Phi) is 3.74. The van der Waals surface area contributed by atoms with Crippen molar-refractivity contribution in [2.24, 2.45) is 5.92 Å². The van der Waals surface area contributed by atoms with Crippen LogP contribution in [0.15, 0.2) is 18.2 Å². The van der Waals surface area contributed by atoms with Gasteiger partial charge >= 0.3 is 5.97 Å². The topological polar surface area (TPSA) is 87.2 Å². The van der Waals surface area contributed by atoms with Crippen molar-refractivity contribution in [3.63, 3.8) is 0 Å². The number of rotatable bonds is 5. The highest BCUT2D eigenvalue weighted by atomic mass is 16.5. The van der Waals surface area contributed by atoms with E-state index in [0.717, 1.165) is 35.9 Å². The molecular formula is C17H20N6O2. The monoisotopic (exact) mass is 340 g/mol. The quantitative estimate of drug-likeness (QED) is 0.660. The van der Waals surface area contributed by atoms with Crippen LogP contribution in [0.3, 0.4) is 0 Å². The van der Waals surface area contributed by atoms with Gasteiger partial charge in [-0.3, -0.25) is 9.48 Å². The van der Waals surface area contributed by atoms with E-state index in [9.17, 15) is 4.79 Å². The molecule has 130 valence electrons. The van der Waals surface area contributed by atoms with Gasteiger partial charge in [0.05, 0.1) is 23.9 Å². The summed E-state index contributed by atoms with van der Waals surface area (Å²) in [5.74, 6) is 0.693. The Bertz CT molecular complexity index is 944. The number of esters is 1. The van der Waals surface area contributed by atoms with Crippen LogP contribution in [-0.2, 0) is 16.1 Å². The molecule has 0 aliphatic heterocycles. The molecule has 3 aromatic heterocycles. The van der Waals surface area contributed by atoms with Crippen molar-refractivity contribution in [1.82, 2.24) is 29.6 Å². The lowest BCUT2D eigenvalue weighted by atomic mass is 10.2. The maximum Gasteiger partial charge on any atom is 0.309 e. The van der Waals surface area contributed by atoms with E-state index in [0.29, 0.717) is 12.3 Å². The summed E-state index contributed by atoms with van der Waals surface area (Å²) in [5.41, 5.74) is 3.39. The smallest absolute Gasteiger partial charge is 0.309 e. The van der Waals surface area contributed by atoms with Crippen LogP contribution in [0.1, 0.15) is 37.7 Å². The second-order valence-corrected chi connectivity index (χ2v) is 6.21. The molecule has 3 aromatic rings. The van der Waals surface area contributed by atoms with Crippen molar-refractivity contribution < 1.29 is 9.53 Å². The molecular weight excluding hydrogens is 320 g/mol. The number of aromatic nitrogens is 6. The molecule has 0 aromatic carbocycles. The minimum Gasteiger partial charge on any atom is -0.466 e. The van der Waals surface area contributed by atoms with Gasteiger partial charge in [-0.15, -0.1) is 10.2 Å². The fourth-order valence-corrected chi connectivity index (χ4v) is 3.13. The third kappa shape index (κ3) is 2.67. The summed E-state index contributed by atoms with van der Waals surface area (Å²) >= 11 is 0. The zero-order valence-electron chi connectivity index (χ0n) is 14.5. The van der Waals surface area contributed by atoms with E-state index < -0.39 is 0 Å². The molecule has 1 aliphatic carbocycles. The number of carbonyl (C=O) groups is 1. The van der Waals surface area contributed by atoms with Gasteiger partial charge < -0.3 is 4.74 Å². The molecule has 2 unspecified atom stereocenters. The highest BCUT2D eigenvalue weighted by molar-refractivity contribution is 5.77. The largest absolute Gasteiger partial charge is 0.466 e. The van der Waals surface area contributed by atoms with Crippen molar-refractivity contribution in [1.29, 1.82) is 0 Å². The molecule has 0 saturated heterocycles. The third-order valence-electron chi connectivity index (χ3n) is 4.54. The average molecular weight is 340 g/mol. The second kappa shape index (κ2) is 5.94. The Morgan fingerprint density at radius 2 is 2.12 bits per heavy atom. The van der Waals surface area contributed by atoms with Gasteiger partial charge in [0.2, 0.25) is 0 Å². The van der Waals surface area contributed by atoms with Gasteiger partial charge in [0, 0.05) is 12.5 Å². The van der Waals surface area contributed by atoms with Gasteiger partial charge in [0.15, 0.2) is 11.5 Å². The summed E-state index contributed by atoms with van der Waals surface area (Å²) in [6.45, 7) is 6.88. The zero-order chi connectivity index (χ0) is 17.6. The minimum atomic E-state index is -0.125. The van der Waals surface area contributed by atoms with Crippen LogP contribution in [0.5, 0.6) is 0 Å². The van der Waals surface area contributed by atoms with E-state index in [2.05, 4.69) is 20.4 Å². The van der Waals surface area contributed by atoms with Crippen molar-refractivity contribution in [3.05, 3.63) is 29.7 Å². The number of fused-ring (bicyclic) bond motifs is 1. The molecule has 0 amide bonds. The molecule has 25 heavy (non-hydrogen) atoms. The fourth-order valence-electron chi connectivity index (χ4n) is 3.13. The summed E-state index contributed by atoms with van der Waals surface area (Å²) in [6.07, 6.45) is 0.802. The van der Waals surface area contributed by atoms with E-state index in [1.165, 1.54) is 0 Å². The molecule has 0 spiro atoms. The van der Waals surface area contributed by atoms with Crippen molar-refractivity contribution in [3.8, 4) is 11.4 Å². The Morgan fingerprint density at radius 3 is 2.88 bits per heavy atom. The lowest BCUT2D eigenvalue weighted by Crippen LogP contribution is -2.07. The molecule has 1 fully saturated rings. The van der Waals surface area contributed by atoms with Crippen LogP contribution in [0.2, 0.25) is 0 Å². The molecule has 0 radical (unpaired) electrons. The van der Waals surface area contributed by atoms with E-state index in [1.807, 2.05) is 43.7 Å². The Hall–Kier alpha value is -2.77. The van der Waals surface area contributed by atoms with Crippen LogP contribution in [0.4, 0.5) is 0 Å². The first-order chi connectivity index (χ1) is 12.1. The number of hydrogen-bond donors (Lipinski definition) is 0. The molecule has 3 heterocycles. The molecule has 1 saturated carbocycles. The summed E-state index contributed by atoms with van der Waals surface area (Å²) in [4.78, 5) is 11.9. The van der Waals surface area contributed by atoms with Gasteiger partial charge in [0.25, 0.3) is 0 Å². The first kappa shape index (κ1) is 15.7. The van der Waals surface area contributed by atoms with Crippen molar-refractivity contribution in [2.45, 2.75) is 39.7 Å². The molecule has 8 nitrogen and oxygen atoms in total. The molecule has 1 aliphatic rings. The molecule has 2 atom stereocenters.